The van der Waals surface area contributed by atoms with E-state index in [0.29, 0.717) is 17.0 Å². The number of aromatic amines is 1. The first-order valence-electron chi connectivity index (χ1n) is 20.0. The number of hydrogen-bond donors (Lipinski definition) is 3. The number of rotatable bonds is 9. The van der Waals surface area contributed by atoms with Crippen molar-refractivity contribution < 1.29 is 19.2 Å². The number of H-pyrrole nitrogens is 1. The Morgan fingerprint density at radius 3 is 2.18 bits per heavy atom. The van der Waals surface area contributed by atoms with Crippen molar-refractivity contribution in [3.8, 4) is 11.3 Å². The number of pyridine rings is 1. The van der Waals surface area contributed by atoms with Crippen molar-refractivity contribution in [2.24, 2.45) is 5.92 Å². The average Bonchev–Trinajstić information content (AvgIpc) is 3.75. The number of nitrogens with zero attached hydrogens (tertiary/aromatic N) is 8. The second-order valence-electron chi connectivity index (χ2n) is 15.9. The lowest BCUT2D eigenvalue weighted by molar-refractivity contribution is -0.136. The molecule has 292 valence electrons. The third-order valence-electron chi connectivity index (χ3n) is 12.4. The van der Waals surface area contributed by atoms with E-state index in [1.165, 1.54) is 0 Å². The molecule has 15 nitrogen and oxygen atoms in total. The van der Waals surface area contributed by atoms with E-state index in [4.69, 9.17) is 10.7 Å². The molecule has 5 aliphatic rings. The highest BCUT2D eigenvalue weighted by molar-refractivity contribution is 6.23. The number of carbonyl (C=O) groups excluding carboxylic acids is 4. The van der Waals surface area contributed by atoms with Crippen LogP contribution in [0.1, 0.15) is 46.4 Å². The highest BCUT2D eigenvalue weighted by atomic mass is 16.2. The van der Waals surface area contributed by atoms with Crippen LogP contribution >= 0.6 is 0 Å². The summed E-state index contributed by atoms with van der Waals surface area (Å²) < 4.78 is 0. The lowest BCUT2D eigenvalue weighted by Crippen LogP contribution is -2.54. The molecule has 0 aliphatic carbocycles. The summed E-state index contributed by atoms with van der Waals surface area (Å²) in [5.74, 6) is -0.275. The third kappa shape index (κ3) is 7.21. The maximum absolute atomic E-state index is 13.3. The van der Waals surface area contributed by atoms with Gasteiger partial charge in [0.15, 0.2) is 0 Å². The number of hydrogen-bond acceptors (Lipinski definition) is 12. The standard InChI is InChI=1S/C41H49N11O4/c42-29-1-4-34-33(24-29)38(46-45-34)28-7-10-43-36(23-28)51-21-19-48(20-22-51)14-13-47-15-17-49(18-16-47)26-27-8-11-50(12-9-27)30-2-3-31-32(25-30)41(56)52(40(31)55)35-5-6-37(53)44-39(35)54/h1-4,7,10,23-25,27,35H,5-6,8-9,11-22,26,42H2,(H,45,46)(H,44,53,54). The fraction of sp³-hybridized carbons (Fsp3) is 0.463. The smallest absolute Gasteiger partial charge is 0.262 e. The van der Waals surface area contributed by atoms with Crippen molar-refractivity contribution in [2.75, 3.05) is 101 Å². The van der Waals surface area contributed by atoms with E-state index in [1.807, 2.05) is 36.5 Å². The van der Waals surface area contributed by atoms with Crippen molar-refractivity contribution in [1.29, 1.82) is 0 Å². The number of nitrogens with one attached hydrogen (secondary N) is 2. The molecule has 0 saturated carbocycles. The van der Waals surface area contributed by atoms with Crippen LogP contribution in [0.4, 0.5) is 17.2 Å². The van der Waals surface area contributed by atoms with Gasteiger partial charge in [0, 0.05) is 120 Å². The van der Waals surface area contributed by atoms with E-state index in [1.54, 1.807) is 12.1 Å². The predicted octanol–water partition coefficient (Wildman–Crippen LogP) is 2.26. The quantitative estimate of drug-likeness (QED) is 0.169. The monoisotopic (exact) mass is 759 g/mol. The molecule has 2 aromatic carbocycles. The molecule has 9 rings (SSSR count). The van der Waals surface area contributed by atoms with Crippen molar-refractivity contribution in [3.63, 3.8) is 0 Å². The number of imide groups is 2. The zero-order chi connectivity index (χ0) is 38.3. The van der Waals surface area contributed by atoms with Gasteiger partial charge < -0.3 is 20.4 Å². The lowest BCUT2D eigenvalue weighted by Gasteiger charge is -2.40. The Balaban J connectivity index is 0.695. The van der Waals surface area contributed by atoms with E-state index in [9.17, 15) is 19.2 Å². The van der Waals surface area contributed by atoms with Crippen molar-refractivity contribution in [1.82, 2.24) is 40.1 Å². The van der Waals surface area contributed by atoms with Gasteiger partial charge in [0.1, 0.15) is 17.6 Å². The van der Waals surface area contributed by atoms with Crippen LogP contribution in [0.3, 0.4) is 0 Å². The molecule has 0 radical (unpaired) electrons. The molecule has 1 unspecified atom stereocenters. The minimum absolute atomic E-state index is 0.109. The number of piperazine rings is 2. The SMILES string of the molecule is Nc1ccc2[nH]nc(-c3ccnc(N4CCN(CCN5CCN(CC6CCN(c7ccc8c(c7)C(=O)N(C7CCC(=O)NC7=O)C8=O)CC6)CC5)CC4)c3)c2c1. The zero-order valence-electron chi connectivity index (χ0n) is 31.7. The van der Waals surface area contributed by atoms with Crippen LogP contribution in [0, 0.1) is 5.92 Å². The van der Waals surface area contributed by atoms with Crippen LogP contribution in [-0.4, -0.2) is 150 Å². The molecule has 1 atom stereocenters. The minimum Gasteiger partial charge on any atom is -0.399 e. The molecule has 7 heterocycles. The number of amides is 4. The summed E-state index contributed by atoms with van der Waals surface area (Å²) in [6.45, 7) is 13.4. The lowest BCUT2D eigenvalue weighted by atomic mass is 9.95. The molecule has 0 spiro atoms. The molecular weight excluding hydrogens is 711 g/mol. The van der Waals surface area contributed by atoms with Gasteiger partial charge in [-0.25, -0.2) is 4.98 Å². The second kappa shape index (κ2) is 15.3. The van der Waals surface area contributed by atoms with E-state index in [-0.39, 0.29) is 18.7 Å². The Morgan fingerprint density at radius 1 is 0.714 bits per heavy atom. The van der Waals surface area contributed by atoms with Gasteiger partial charge in [-0.05, 0) is 73.7 Å². The molecule has 4 fully saturated rings. The van der Waals surface area contributed by atoms with Crippen molar-refractivity contribution in [3.05, 3.63) is 65.9 Å². The summed E-state index contributed by atoms with van der Waals surface area (Å²) in [5.41, 5.74) is 11.3. The van der Waals surface area contributed by atoms with Crippen LogP contribution in [-0.2, 0) is 9.59 Å². The highest BCUT2D eigenvalue weighted by Gasteiger charge is 2.45. The number of nitrogens with two attached hydrogens (primary N) is 1. The normalized spacial score (nSPS) is 22.0. The Labute approximate surface area is 325 Å². The predicted molar refractivity (Wildman–Crippen MR) is 213 cm³/mol. The Hall–Kier alpha value is -5.38. The largest absolute Gasteiger partial charge is 0.399 e. The summed E-state index contributed by atoms with van der Waals surface area (Å²) in [6.07, 6.45) is 4.29. The van der Waals surface area contributed by atoms with Gasteiger partial charge in [-0.15, -0.1) is 0 Å². The number of piperidine rings is 2. The topological polar surface area (TPSA) is 167 Å². The van der Waals surface area contributed by atoms with Gasteiger partial charge in [0.25, 0.3) is 11.8 Å². The summed E-state index contributed by atoms with van der Waals surface area (Å²) in [4.78, 5) is 68.7. The maximum Gasteiger partial charge on any atom is 0.262 e. The number of nitrogen functional groups attached to an aromatic ring is 1. The molecular formula is C41H49N11O4. The van der Waals surface area contributed by atoms with Crippen molar-refractivity contribution >= 4 is 51.7 Å². The fourth-order valence-electron chi connectivity index (χ4n) is 9.06. The van der Waals surface area contributed by atoms with Gasteiger partial charge >= 0.3 is 0 Å². The number of anilines is 3. The molecule has 56 heavy (non-hydrogen) atoms. The van der Waals surface area contributed by atoms with Crippen LogP contribution in [0.5, 0.6) is 0 Å². The number of aromatic nitrogens is 3. The minimum atomic E-state index is -0.951. The molecule has 2 aromatic heterocycles. The molecule has 15 heteroatoms. The van der Waals surface area contributed by atoms with Crippen LogP contribution in [0.25, 0.3) is 22.2 Å². The number of fused-ring (bicyclic) bond motifs is 2. The summed E-state index contributed by atoms with van der Waals surface area (Å²) in [5, 5.41) is 11.0. The second-order valence-corrected chi connectivity index (χ2v) is 15.9. The molecule has 4 saturated heterocycles. The third-order valence-corrected chi connectivity index (χ3v) is 12.4. The van der Waals surface area contributed by atoms with Gasteiger partial charge in [0.2, 0.25) is 11.8 Å². The summed E-state index contributed by atoms with van der Waals surface area (Å²) in [6, 6.07) is 14.4. The molecule has 4 aromatic rings. The van der Waals surface area contributed by atoms with E-state index < -0.39 is 23.8 Å². The molecule has 4 amide bonds. The number of benzene rings is 2. The van der Waals surface area contributed by atoms with Crippen LogP contribution < -0.4 is 20.9 Å². The molecule has 4 N–H and O–H groups in total. The van der Waals surface area contributed by atoms with E-state index in [2.05, 4.69) is 46.1 Å². The summed E-state index contributed by atoms with van der Waals surface area (Å²) in [7, 11) is 0. The average molecular weight is 760 g/mol. The first-order valence-corrected chi connectivity index (χ1v) is 20.0. The van der Waals surface area contributed by atoms with Crippen molar-refractivity contribution in [2.45, 2.75) is 31.7 Å². The highest BCUT2D eigenvalue weighted by Crippen LogP contribution is 2.33. The summed E-state index contributed by atoms with van der Waals surface area (Å²) >= 11 is 0. The van der Waals surface area contributed by atoms with E-state index in [0.717, 1.165) is 142 Å². The van der Waals surface area contributed by atoms with Crippen LogP contribution in [0.15, 0.2) is 54.7 Å². The first-order chi connectivity index (χ1) is 27.3. The number of carbonyl (C=O) groups is 4. The Bertz CT molecular complexity index is 2150. The van der Waals surface area contributed by atoms with Crippen LogP contribution in [0.2, 0.25) is 0 Å². The molecule has 0 bridgehead atoms. The van der Waals surface area contributed by atoms with Gasteiger partial charge in [-0.1, -0.05) is 0 Å². The van der Waals surface area contributed by atoms with Gasteiger partial charge in [-0.2, -0.15) is 5.10 Å². The van der Waals surface area contributed by atoms with Gasteiger partial charge in [0.05, 0.1) is 16.6 Å². The Kier molecular flexibility index (Phi) is 9.90. The Morgan fingerprint density at radius 2 is 1.43 bits per heavy atom. The molecule has 5 aliphatic heterocycles. The fourth-order valence-corrected chi connectivity index (χ4v) is 9.06. The first kappa shape index (κ1) is 36.3. The van der Waals surface area contributed by atoms with Gasteiger partial charge in [-0.3, -0.25) is 44.3 Å². The zero-order valence-corrected chi connectivity index (χ0v) is 31.7. The maximum atomic E-state index is 13.3. The van der Waals surface area contributed by atoms with E-state index >= 15 is 0 Å².